The summed E-state index contributed by atoms with van der Waals surface area (Å²) in [5.74, 6) is -0.988. The quantitative estimate of drug-likeness (QED) is 0.738. The van der Waals surface area contributed by atoms with E-state index in [0.717, 1.165) is 5.56 Å². The van der Waals surface area contributed by atoms with E-state index in [1.54, 1.807) is 12.1 Å². The zero-order chi connectivity index (χ0) is 16.8. The van der Waals surface area contributed by atoms with Gasteiger partial charge in [-0.3, -0.25) is 14.4 Å². The molecule has 1 aromatic rings. The Morgan fingerprint density at radius 2 is 2.04 bits per heavy atom. The zero-order valence-corrected chi connectivity index (χ0v) is 13.3. The smallest absolute Gasteiger partial charge is 0.239 e. The highest BCUT2D eigenvalue weighted by Gasteiger charge is 2.23. The number of benzene rings is 1. The average molecular weight is 339 g/mol. The van der Waals surface area contributed by atoms with Crippen molar-refractivity contribution in [3.05, 3.63) is 35.6 Å². The van der Waals surface area contributed by atoms with E-state index in [1.807, 2.05) is 0 Å². The molecule has 23 heavy (non-hydrogen) atoms. The van der Waals surface area contributed by atoms with Crippen molar-refractivity contribution in [2.45, 2.75) is 6.42 Å². The summed E-state index contributed by atoms with van der Waals surface area (Å²) in [6.45, 7) is 0.0641. The van der Waals surface area contributed by atoms with Gasteiger partial charge in [0.25, 0.3) is 0 Å². The largest absolute Gasteiger partial charge is 0.369 e. The van der Waals surface area contributed by atoms with Crippen LogP contribution in [0.15, 0.2) is 24.3 Å². The summed E-state index contributed by atoms with van der Waals surface area (Å²) in [5.41, 5.74) is 6.11. The molecule has 1 aliphatic heterocycles. The van der Waals surface area contributed by atoms with Gasteiger partial charge < -0.3 is 16.0 Å². The van der Waals surface area contributed by atoms with Gasteiger partial charge in [-0.1, -0.05) is 12.1 Å². The molecule has 1 aromatic carbocycles. The van der Waals surface area contributed by atoms with Crippen LogP contribution in [0.2, 0.25) is 0 Å². The van der Waals surface area contributed by atoms with Gasteiger partial charge in [-0.2, -0.15) is 0 Å². The van der Waals surface area contributed by atoms with Crippen molar-refractivity contribution in [1.29, 1.82) is 0 Å². The number of carbonyl (C=O) groups is 3. The molecule has 3 amide bonds. The van der Waals surface area contributed by atoms with Crippen LogP contribution in [0.5, 0.6) is 0 Å². The highest BCUT2D eigenvalue weighted by atomic mass is 32.2. The van der Waals surface area contributed by atoms with E-state index in [0.29, 0.717) is 18.1 Å². The number of thioether (sulfide) groups is 1. The molecule has 0 saturated carbocycles. The molecular formula is C15H18FN3O3S. The molecule has 1 fully saturated rings. The molecule has 8 heteroatoms. The Hall–Kier alpha value is -2.09. The van der Waals surface area contributed by atoms with E-state index in [-0.39, 0.29) is 30.7 Å². The molecule has 0 radical (unpaired) electrons. The van der Waals surface area contributed by atoms with Crippen LogP contribution >= 0.6 is 11.8 Å². The lowest BCUT2D eigenvalue weighted by Crippen LogP contribution is -2.42. The first-order valence-corrected chi connectivity index (χ1v) is 8.27. The second-order valence-corrected chi connectivity index (χ2v) is 6.26. The van der Waals surface area contributed by atoms with Crippen molar-refractivity contribution < 1.29 is 18.8 Å². The Balaban J connectivity index is 1.84. The molecule has 1 unspecified atom stereocenters. The fraction of sp³-hybridized carbons (Fsp3) is 0.400. The molecule has 2 rings (SSSR count). The Morgan fingerprint density at radius 3 is 2.61 bits per heavy atom. The number of nitrogens with zero attached hydrogens (tertiary/aromatic N) is 1. The summed E-state index contributed by atoms with van der Waals surface area (Å²) in [4.78, 5) is 36.3. The molecule has 1 heterocycles. The maximum atomic E-state index is 12.9. The number of nitrogens with one attached hydrogen (secondary N) is 1. The molecule has 6 nitrogen and oxygen atoms in total. The molecule has 1 saturated heterocycles. The van der Waals surface area contributed by atoms with Gasteiger partial charge in [0.15, 0.2) is 0 Å². The maximum Gasteiger partial charge on any atom is 0.239 e. The summed E-state index contributed by atoms with van der Waals surface area (Å²) in [7, 11) is 0. The first-order chi connectivity index (χ1) is 11.0. The highest BCUT2D eigenvalue weighted by molar-refractivity contribution is 8.00. The van der Waals surface area contributed by atoms with E-state index < -0.39 is 11.8 Å². The van der Waals surface area contributed by atoms with E-state index in [4.69, 9.17) is 5.73 Å². The van der Waals surface area contributed by atoms with Gasteiger partial charge >= 0.3 is 0 Å². The Morgan fingerprint density at radius 1 is 1.35 bits per heavy atom. The van der Waals surface area contributed by atoms with E-state index in [2.05, 4.69) is 5.32 Å². The zero-order valence-electron chi connectivity index (χ0n) is 12.5. The first kappa shape index (κ1) is 17.3. The van der Waals surface area contributed by atoms with Gasteiger partial charge in [-0.05, 0) is 24.1 Å². The third kappa shape index (κ3) is 5.24. The molecule has 3 N–H and O–H groups in total. The third-order valence-electron chi connectivity index (χ3n) is 3.50. The minimum atomic E-state index is -0.590. The van der Waals surface area contributed by atoms with Crippen LogP contribution in [-0.4, -0.2) is 47.3 Å². The van der Waals surface area contributed by atoms with Crippen molar-refractivity contribution in [1.82, 2.24) is 10.2 Å². The minimum absolute atomic E-state index is 0.0200. The summed E-state index contributed by atoms with van der Waals surface area (Å²) in [6.07, 6.45) is 0.314. The van der Waals surface area contributed by atoms with Gasteiger partial charge in [-0.15, -0.1) is 11.8 Å². The summed E-state index contributed by atoms with van der Waals surface area (Å²) in [5, 5.41) is 2.63. The first-order valence-electron chi connectivity index (χ1n) is 7.11. The SMILES string of the molecule is NC(=O)C(CNC(=O)CN1CSCC1=O)Cc1ccc(F)cc1. The molecule has 0 bridgehead atoms. The second-order valence-electron chi connectivity index (χ2n) is 5.30. The number of halogens is 1. The highest BCUT2D eigenvalue weighted by Crippen LogP contribution is 2.14. The molecule has 0 aliphatic carbocycles. The molecule has 1 aliphatic rings. The second kappa shape index (κ2) is 7.96. The van der Waals surface area contributed by atoms with Gasteiger partial charge in [0.05, 0.1) is 17.5 Å². The number of hydrogen-bond acceptors (Lipinski definition) is 4. The number of carbonyl (C=O) groups excluding carboxylic acids is 3. The van der Waals surface area contributed by atoms with Crippen molar-refractivity contribution in [2.24, 2.45) is 11.7 Å². The Bertz CT molecular complexity index is 594. The van der Waals surface area contributed by atoms with Crippen LogP contribution in [0.3, 0.4) is 0 Å². The summed E-state index contributed by atoms with van der Waals surface area (Å²) in [6, 6.07) is 5.77. The van der Waals surface area contributed by atoms with Gasteiger partial charge in [0, 0.05) is 6.54 Å². The van der Waals surface area contributed by atoms with Crippen molar-refractivity contribution in [3.63, 3.8) is 0 Å². The molecular weight excluding hydrogens is 321 g/mol. The Labute approximate surface area is 137 Å². The van der Waals surface area contributed by atoms with Crippen LogP contribution in [0, 0.1) is 11.7 Å². The molecule has 0 spiro atoms. The fourth-order valence-corrected chi connectivity index (χ4v) is 3.09. The van der Waals surface area contributed by atoms with Gasteiger partial charge in [0.2, 0.25) is 17.7 Å². The molecule has 124 valence electrons. The fourth-order valence-electron chi connectivity index (χ4n) is 2.18. The van der Waals surface area contributed by atoms with Crippen molar-refractivity contribution in [3.8, 4) is 0 Å². The summed E-state index contributed by atoms with van der Waals surface area (Å²) < 4.78 is 12.9. The monoisotopic (exact) mass is 339 g/mol. The number of rotatable bonds is 7. The van der Waals surface area contributed by atoms with Gasteiger partial charge in [-0.25, -0.2) is 4.39 Å². The van der Waals surface area contributed by atoms with E-state index in [9.17, 15) is 18.8 Å². The van der Waals surface area contributed by atoms with Crippen molar-refractivity contribution >= 4 is 29.5 Å². The normalized spacial score (nSPS) is 15.5. The van der Waals surface area contributed by atoms with Crippen LogP contribution in [-0.2, 0) is 20.8 Å². The lowest BCUT2D eigenvalue weighted by atomic mass is 9.98. The van der Waals surface area contributed by atoms with Crippen LogP contribution in [0.25, 0.3) is 0 Å². The van der Waals surface area contributed by atoms with E-state index >= 15 is 0 Å². The van der Waals surface area contributed by atoms with Crippen molar-refractivity contribution in [2.75, 3.05) is 24.7 Å². The molecule has 0 aromatic heterocycles. The summed E-state index contributed by atoms with van der Waals surface area (Å²) >= 11 is 1.46. The third-order valence-corrected chi connectivity index (χ3v) is 4.45. The van der Waals surface area contributed by atoms with Crippen LogP contribution in [0.1, 0.15) is 5.56 Å². The molecule has 1 atom stereocenters. The number of nitrogens with two attached hydrogens (primary N) is 1. The van der Waals surface area contributed by atoms with Crippen LogP contribution < -0.4 is 11.1 Å². The number of amides is 3. The predicted molar refractivity (Wildman–Crippen MR) is 84.8 cm³/mol. The van der Waals surface area contributed by atoms with E-state index in [1.165, 1.54) is 28.8 Å². The number of primary amides is 1. The Kier molecular flexibility index (Phi) is 5.97. The standard InChI is InChI=1S/C15H18FN3O3S/c16-12-3-1-10(2-4-12)5-11(15(17)22)6-18-13(20)7-19-9-23-8-14(19)21/h1-4,11H,5-9H2,(H2,17,22)(H,18,20). The number of hydrogen-bond donors (Lipinski definition) is 2. The van der Waals surface area contributed by atoms with Gasteiger partial charge in [0.1, 0.15) is 12.4 Å². The lowest BCUT2D eigenvalue weighted by molar-refractivity contribution is -0.132. The lowest BCUT2D eigenvalue weighted by Gasteiger charge is -2.17. The predicted octanol–water partition coefficient (Wildman–Crippen LogP) is 0.119. The maximum absolute atomic E-state index is 12.9. The topological polar surface area (TPSA) is 92.5 Å². The minimum Gasteiger partial charge on any atom is -0.369 e. The van der Waals surface area contributed by atoms with Crippen LogP contribution in [0.4, 0.5) is 4.39 Å². The average Bonchev–Trinajstić information content (AvgIpc) is 2.90.